The number of aryl methyl sites for hydroxylation is 1. The van der Waals surface area contributed by atoms with Gasteiger partial charge in [0.05, 0.1) is 5.69 Å². The molecule has 0 saturated heterocycles. The molecule has 1 aromatic rings. The van der Waals surface area contributed by atoms with Gasteiger partial charge in [-0.2, -0.15) is 0 Å². The van der Waals surface area contributed by atoms with Crippen molar-refractivity contribution in [2.75, 3.05) is 11.4 Å². The Morgan fingerprint density at radius 1 is 1.19 bits per heavy atom. The van der Waals surface area contributed by atoms with Gasteiger partial charge in [-0.05, 0) is 49.4 Å². The first-order chi connectivity index (χ1) is 10.2. The summed E-state index contributed by atoms with van der Waals surface area (Å²) in [7, 11) is 0. The number of hydrogen-bond acceptors (Lipinski definition) is 2. The second-order valence-corrected chi connectivity index (χ2v) is 6.24. The molecule has 1 heterocycles. The fourth-order valence-electron chi connectivity index (χ4n) is 3.81. The third-order valence-corrected chi connectivity index (χ3v) is 4.94. The minimum atomic E-state index is -0.272. The van der Waals surface area contributed by atoms with E-state index in [1.54, 1.807) is 0 Å². The predicted molar refractivity (Wildman–Crippen MR) is 81.6 cm³/mol. The van der Waals surface area contributed by atoms with E-state index < -0.39 is 0 Å². The first-order valence-corrected chi connectivity index (χ1v) is 8.01. The number of nitrogens with two attached hydrogens (primary N) is 1. The monoisotopic (exact) mass is 290 g/mol. The Kier molecular flexibility index (Phi) is 4.24. The first kappa shape index (κ1) is 14.5. The molecule has 2 unspecified atom stereocenters. The van der Waals surface area contributed by atoms with Crippen molar-refractivity contribution < 1.29 is 9.18 Å². The molecule has 4 heteroatoms. The summed E-state index contributed by atoms with van der Waals surface area (Å²) in [4.78, 5) is 14.4. The lowest BCUT2D eigenvalue weighted by Crippen LogP contribution is -2.48. The van der Waals surface area contributed by atoms with Gasteiger partial charge >= 0.3 is 0 Å². The van der Waals surface area contributed by atoms with Crippen LogP contribution in [-0.4, -0.2) is 18.5 Å². The van der Waals surface area contributed by atoms with Gasteiger partial charge in [0.25, 0.3) is 0 Å². The van der Waals surface area contributed by atoms with Crippen molar-refractivity contribution >= 4 is 11.6 Å². The van der Waals surface area contributed by atoms with Gasteiger partial charge in [-0.25, -0.2) is 4.39 Å². The van der Waals surface area contributed by atoms with Gasteiger partial charge in [0, 0.05) is 12.5 Å². The SMILES string of the molecule is NCC1CCCCCC1N1C(=O)CCc2ccc(F)cc21. The van der Waals surface area contributed by atoms with Gasteiger partial charge in [0.1, 0.15) is 5.82 Å². The summed E-state index contributed by atoms with van der Waals surface area (Å²) in [6, 6.07) is 4.95. The average molecular weight is 290 g/mol. The average Bonchev–Trinajstić information content (AvgIpc) is 2.72. The molecule has 0 aromatic heterocycles. The predicted octanol–water partition coefficient (Wildman–Crippen LogP) is 3.01. The van der Waals surface area contributed by atoms with Gasteiger partial charge in [-0.1, -0.05) is 25.3 Å². The quantitative estimate of drug-likeness (QED) is 0.851. The lowest BCUT2D eigenvalue weighted by molar-refractivity contribution is -0.119. The normalized spacial score (nSPS) is 26.4. The Labute approximate surface area is 125 Å². The number of benzene rings is 1. The molecule has 1 aliphatic heterocycles. The van der Waals surface area contributed by atoms with Crippen LogP contribution in [0.3, 0.4) is 0 Å². The summed E-state index contributed by atoms with van der Waals surface area (Å²) in [5.41, 5.74) is 7.81. The highest BCUT2D eigenvalue weighted by molar-refractivity contribution is 5.97. The molecule has 2 atom stereocenters. The molecule has 0 bridgehead atoms. The molecule has 1 aliphatic carbocycles. The lowest BCUT2D eigenvalue weighted by atomic mass is 9.90. The van der Waals surface area contributed by atoms with Crippen molar-refractivity contribution in [2.24, 2.45) is 11.7 Å². The smallest absolute Gasteiger partial charge is 0.227 e. The van der Waals surface area contributed by atoms with Crippen molar-refractivity contribution in [2.45, 2.75) is 51.0 Å². The number of hydrogen-bond donors (Lipinski definition) is 1. The van der Waals surface area contributed by atoms with Gasteiger partial charge < -0.3 is 10.6 Å². The molecule has 1 fully saturated rings. The van der Waals surface area contributed by atoms with Crippen LogP contribution in [0.5, 0.6) is 0 Å². The molecule has 0 radical (unpaired) electrons. The zero-order valence-electron chi connectivity index (χ0n) is 12.4. The Bertz CT molecular complexity index is 532. The fraction of sp³-hybridized carbons (Fsp3) is 0.588. The summed E-state index contributed by atoms with van der Waals surface area (Å²) in [5.74, 6) is 0.176. The van der Waals surface area contributed by atoms with E-state index in [0.717, 1.165) is 30.5 Å². The molecule has 1 saturated carbocycles. The number of nitrogens with zero attached hydrogens (tertiary/aromatic N) is 1. The molecule has 114 valence electrons. The zero-order valence-corrected chi connectivity index (χ0v) is 12.4. The van der Waals surface area contributed by atoms with E-state index in [9.17, 15) is 9.18 Å². The summed E-state index contributed by atoms with van der Waals surface area (Å²) >= 11 is 0. The van der Waals surface area contributed by atoms with E-state index in [-0.39, 0.29) is 17.8 Å². The standard InChI is InChI=1S/C17H23FN2O/c18-14-8-6-12-7-9-17(21)20(16(12)10-14)15-5-3-1-2-4-13(15)11-19/h6,8,10,13,15H,1-5,7,9,11,19H2. The number of fused-ring (bicyclic) bond motifs is 1. The number of amides is 1. The first-order valence-electron chi connectivity index (χ1n) is 8.01. The molecule has 1 amide bonds. The van der Waals surface area contributed by atoms with Crippen LogP contribution in [0.25, 0.3) is 0 Å². The zero-order chi connectivity index (χ0) is 14.8. The summed E-state index contributed by atoms with van der Waals surface area (Å²) in [6.07, 6.45) is 6.77. The van der Waals surface area contributed by atoms with E-state index in [0.29, 0.717) is 25.3 Å². The van der Waals surface area contributed by atoms with Crippen LogP contribution in [0.15, 0.2) is 18.2 Å². The molecule has 2 aliphatic rings. The molecule has 21 heavy (non-hydrogen) atoms. The lowest BCUT2D eigenvalue weighted by Gasteiger charge is -2.39. The third kappa shape index (κ3) is 2.82. The maximum absolute atomic E-state index is 13.7. The highest BCUT2D eigenvalue weighted by Gasteiger charge is 2.35. The van der Waals surface area contributed by atoms with Crippen molar-refractivity contribution in [3.63, 3.8) is 0 Å². The van der Waals surface area contributed by atoms with E-state index in [2.05, 4.69) is 0 Å². The van der Waals surface area contributed by atoms with E-state index in [1.165, 1.54) is 25.0 Å². The summed E-state index contributed by atoms with van der Waals surface area (Å²) in [5, 5.41) is 0. The summed E-state index contributed by atoms with van der Waals surface area (Å²) in [6.45, 7) is 0.596. The van der Waals surface area contributed by atoms with Gasteiger partial charge in [-0.3, -0.25) is 4.79 Å². The fourth-order valence-corrected chi connectivity index (χ4v) is 3.81. The number of rotatable bonds is 2. The van der Waals surface area contributed by atoms with Gasteiger partial charge in [-0.15, -0.1) is 0 Å². The van der Waals surface area contributed by atoms with Gasteiger partial charge in [0.15, 0.2) is 0 Å². The van der Waals surface area contributed by atoms with Crippen LogP contribution >= 0.6 is 0 Å². The molecule has 2 N–H and O–H groups in total. The van der Waals surface area contributed by atoms with Crippen LogP contribution < -0.4 is 10.6 Å². The molecule has 0 spiro atoms. The van der Waals surface area contributed by atoms with Crippen molar-refractivity contribution in [1.82, 2.24) is 0 Å². The molecular weight excluding hydrogens is 267 g/mol. The minimum absolute atomic E-state index is 0.124. The van der Waals surface area contributed by atoms with Gasteiger partial charge in [0.2, 0.25) is 5.91 Å². The number of anilines is 1. The van der Waals surface area contributed by atoms with Crippen LogP contribution in [0.1, 0.15) is 44.1 Å². The molecule has 3 nitrogen and oxygen atoms in total. The minimum Gasteiger partial charge on any atom is -0.330 e. The second kappa shape index (κ2) is 6.14. The third-order valence-electron chi connectivity index (χ3n) is 4.94. The molecule has 1 aromatic carbocycles. The Hall–Kier alpha value is -1.42. The number of carbonyl (C=O) groups is 1. The number of carbonyl (C=O) groups excluding carboxylic acids is 1. The van der Waals surface area contributed by atoms with Crippen LogP contribution in [-0.2, 0) is 11.2 Å². The maximum atomic E-state index is 13.7. The van der Waals surface area contributed by atoms with E-state index in [4.69, 9.17) is 5.73 Å². The largest absolute Gasteiger partial charge is 0.330 e. The van der Waals surface area contributed by atoms with E-state index in [1.807, 2.05) is 11.0 Å². The maximum Gasteiger partial charge on any atom is 0.227 e. The Balaban J connectivity index is 1.99. The molecule has 3 rings (SSSR count). The van der Waals surface area contributed by atoms with Crippen molar-refractivity contribution in [3.8, 4) is 0 Å². The highest BCUT2D eigenvalue weighted by Crippen LogP contribution is 2.36. The Morgan fingerprint density at radius 2 is 2.00 bits per heavy atom. The number of halogens is 1. The second-order valence-electron chi connectivity index (χ2n) is 6.24. The van der Waals surface area contributed by atoms with Crippen molar-refractivity contribution in [1.29, 1.82) is 0 Å². The van der Waals surface area contributed by atoms with Crippen LogP contribution in [0, 0.1) is 11.7 Å². The summed E-state index contributed by atoms with van der Waals surface area (Å²) < 4.78 is 13.7. The van der Waals surface area contributed by atoms with Crippen LogP contribution in [0.2, 0.25) is 0 Å². The highest BCUT2D eigenvalue weighted by atomic mass is 19.1. The Morgan fingerprint density at radius 3 is 2.81 bits per heavy atom. The van der Waals surface area contributed by atoms with E-state index >= 15 is 0 Å². The molecular formula is C17H23FN2O. The van der Waals surface area contributed by atoms with Crippen LogP contribution in [0.4, 0.5) is 10.1 Å². The van der Waals surface area contributed by atoms with Crippen molar-refractivity contribution in [3.05, 3.63) is 29.6 Å². The topological polar surface area (TPSA) is 46.3 Å².